The second-order valence-corrected chi connectivity index (χ2v) is 5.14. The van der Waals surface area contributed by atoms with Crippen LogP contribution in [0.3, 0.4) is 0 Å². The summed E-state index contributed by atoms with van der Waals surface area (Å²) < 4.78 is 10.5. The van der Waals surface area contributed by atoms with Crippen LogP contribution in [0.15, 0.2) is 18.2 Å². The summed E-state index contributed by atoms with van der Waals surface area (Å²) >= 11 is 6.11. The van der Waals surface area contributed by atoms with Gasteiger partial charge in [-0.05, 0) is 38.5 Å². The molecule has 2 aromatic rings. The second-order valence-electron chi connectivity index (χ2n) is 4.73. The lowest BCUT2D eigenvalue weighted by Crippen LogP contribution is -2.10. The average Bonchev–Trinajstić information content (AvgIpc) is 2.41. The molecule has 4 nitrogen and oxygen atoms in total. The van der Waals surface area contributed by atoms with Crippen molar-refractivity contribution >= 4 is 28.5 Å². The molecule has 0 radical (unpaired) electrons. The topological polar surface area (TPSA) is 48.4 Å². The summed E-state index contributed by atoms with van der Waals surface area (Å²) in [6, 6.07) is 5.24. The van der Waals surface area contributed by atoms with Crippen LogP contribution in [-0.2, 0) is 4.74 Å². The third-order valence-corrected chi connectivity index (χ3v) is 3.30. The molecule has 1 heterocycles. The van der Waals surface area contributed by atoms with Crippen molar-refractivity contribution in [3.63, 3.8) is 0 Å². The smallest absolute Gasteiger partial charge is 0.356 e. The first kappa shape index (κ1) is 14.6. The summed E-state index contributed by atoms with van der Waals surface area (Å²) in [7, 11) is 1.32. The molecule has 0 bridgehead atoms. The molecule has 0 spiro atoms. The number of ether oxygens (including phenoxy) is 2. The van der Waals surface area contributed by atoms with Gasteiger partial charge in [0.25, 0.3) is 0 Å². The predicted molar refractivity (Wildman–Crippen MR) is 78.6 cm³/mol. The number of esters is 1. The number of nitrogens with zero attached hydrogens (tertiary/aromatic N) is 1. The minimum atomic E-state index is -0.500. The molecule has 1 aromatic carbocycles. The van der Waals surface area contributed by atoms with E-state index in [-0.39, 0.29) is 11.8 Å². The number of rotatable bonds is 3. The van der Waals surface area contributed by atoms with Crippen LogP contribution < -0.4 is 4.74 Å². The Bertz CT molecular complexity index is 668. The van der Waals surface area contributed by atoms with Gasteiger partial charge in [0.1, 0.15) is 5.75 Å². The second kappa shape index (κ2) is 5.67. The van der Waals surface area contributed by atoms with Crippen molar-refractivity contribution in [3.05, 3.63) is 34.5 Å². The zero-order valence-electron chi connectivity index (χ0n) is 11.9. The number of pyridine rings is 1. The molecule has 0 aliphatic heterocycles. The Morgan fingerprint density at radius 1 is 1.35 bits per heavy atom. The van der Waals surface area contributed by atoms with Crippen LogP contribution in [0.25, 0.3) is 10.9 Å². The Morgan fingerprint density at radius 2 is 2.05 bits per heavy atom. The van der Waals surface area contributed by atoms with Gasteiger partial charge in [-0.15, -0.1) is 0 Å². The number of aromatic nitrogens is 1. The van der Waals surface area contributed by atoms with Crippen molar-refractivity contribution in [2.24, 2.45) is 0 Å². The number of benzene rings is 1. The van der Waals surface area contributed by atoms with Gasteiger partial charge in [-0.1, -0.05) is 11.6 Å². The maximum absolute atomic E-state index is 11.7. The van der Waals surface area contributed by atoms with Crippen LogP contribution >= 0.6 is 11.6 Å². The number of carbonyl (C=O) groups excluding carboxylic acids is 1. The molecule has 0 saturated carbocycles. The van der Waals surface area contributed by atoms with E-state index in [2.05, 4.69) is 4.98 Å². The van der Waals surface area contributed by atoms with Gasteiger partial charge in [0.15, 0.2) is 5.69 Å². The highest BCUT2D eigenvalue weighted by Crippen LogP contribution is 2.31. The number of methoxy groups -OCH3 is 1. The molecule has 0 saturated heterocycles. The third kappa shape index (κ3) is 2.70. The maximum Gasteiger partial charge on any atom is 0.356 e. The Labute approximate surface area is 122 Å². The number of aryl methyl sites for hydroxylation is 1. The fourth-order valence-corrected chi connectivity index (χ4v) is 2.09. The highest BCUT2D eigenvalue weighted by atomic mass is 35.5. The highest BCUT2D eigenvalue weighted by Gasteiger charge is 2.16. The maximum atomic E-state index is 11.7. The molecule has 0 fully saturated rings. The van der Waals surface area contributed by atoms with Gasteiger partial charge in [0.2, 0.25) is 0 Å². The molecule has 106 valence electrons. The first-order valence-electron chi connectivity index (χ1n) is 6.29. The number of hydrogen-bond acceptors (Lipinski definition) is 4. The van der Waals surface area contributed by atoms with Crippen molar-refractivity contribution in [1.82, 2.24) is 4.98 Å². The zero-order valence-corrected chi connectivity index (χ0v) is 12.6. The monoisotopic (exact) mass is 293 g/mol. The van der Waals surface area contributed by atoms with Gasteiger partial charge >= 0.3 is 5.97 Å². The van der Waals surface area contributed by atoms with E-state index >= 15 is 0 Å². The van der Waals surface area contributed by atoms with Gasteiger partial charge in [0, 0.05) is 16.5 Å². The van der Waals surface area contributed by atoms with Gasteiger partial charge in [-0.2, -0.15) is 0 Å². The van der Waals surface area contributed by atoms with E-state index in [4.69, 9.17) is 21.1 Å². The molecule has 0 amide bonds. The number of carbonyl (C=O) groups is 1. The Hall–Kier alpha value is -1.81. The molecule has 0 aliphatic rings. The standard InChI is InChI=1S/C15H16ClNO3/c1-8(2)20-13-7-12(15(18)19-4)17-14-9(3)11(16)6-5-10(13)14/h5-8H,1-4H3. The zero-order chi connectivity index (χ0) is 14.9. The van der Waals surface area contributed by atoms with Crippen LogP contribution in [0.4, 0.5) is 0 Å². The predicted octanol–water partition coefficient (Wildman–Crippen LogP) is 3.77. The molecule has 20 heavy (non-hydrogen) atoms. The van der Waals surface area contributed by atoms with Crippen molar-refractivity contribution in [1.29, 1.82) is 0 Å². The first-order chi connectivity index (χ1) is 9.43. The largest absolute Gasteiger partial charge is 0.490 e. The molecule has 0 N–H and O–H groups in total. The molecule has 0 aliphatic carbocycles. The van der Waals surface area contributed by atoms with E-state index in [1.54, 1.807) is 12.1 Å². The Balaban J connectivity index is 2.74. The van der Waals surface area contributed by atoms with Crippen LogP contribution in [-0.4, -0.2) is 24.2 Å². The lowest BCUT2D eigenvalue weighted by molar-refractivity contribution is 0.0593. The Morgan fingerprint density at radius 3 is 2.65 bits per heavy atom. The molecular formula is C15H16ClNO3. The average molecular weight is 294 g/mol. The van der Waals surface area contributed by atoms with Crippen molar-refractivity contribution in [3.8, 4) is 5.75 Å². The van der Waals surface area contributed by atoms with Gasteiger partial charge in [-0.3, -0.25) is 0 Å². The summed E-state index contributed by atoms with van der Waals surface area (Å²) in [5.74, 6) is 0.102. The van der Waals surface area contributed by atoms with E-state index < -0.39 is 5.97 Å². The summed E-state index contributed by atoms with van der Waals surface area (Å²) in [6.07, 6.45) is -0.0120. The molecule has 2 rings (SSSR count). The van der Waals surface area contributed by atoms with Crippen LogP contribution in [0, 0.1) is 6.92 Å². The SMILES string of the molecule is COC(=O)c1cc(OC(C)C)c2ccc(Cl)c(C)c2n1. The van der Waals surface area contributed by atoms with Crippen molar-refractivity contribution in [2.45, 2.75) is 26.9 Å². The summed E-state index contributed by atoms with van der Waals surface area (Å²) in [6.45, 7) is 5.71. The molecule has 0 unspecified atom stereocenters. The quantitative estimate of drug-likeness (QED) is 0.808. The van der Waals surface area contributed by atoms with Crippen LogP contribution in [0.1, 0.15) is 29.9 Å². The van der Waals surface area contributed by atoms with Gasteiger partial charge in [-0.25, -0.2) is 9.78 Å². The van der Waals surface area contributed by atoms with Crippen LogP contribution in [0.2, 0.25) is 5.02 Å². The fraction of sp³-hybridized carbons (Fsp3) is 0.333. The van der Waals surface area contributed by atoms with Crippen molar-refractivity contribution in [2.75, 3.05) is 7.11 Å². The summed E-state index contributed by atoms with van der Waals surface area (Å²) in [4.78, 5) is 16.1. The molecule has 5 heteroatoms. The summed E-state index contributed by atoms with van der Waals surface area (Å²) in [5, 5.41) is 1.43. The van der Waals surface area contributed by atoms with E-state index in [9.17, 15) is 4.79 Å². The first-order valence-corrected chi connectivity index (χ1v) is 6.66. The van der Waals surface area contributed by atoms with Gasteiger partial charge in [0.05, 0.1) is 18.7 Å². The summed E-state index contributed by atoms with van der Waals surface area (Å²) in [5.41, 5.74) is 1.67. The minimum absolute atomic E-state index is 0.0120. The third-order valence-electron chi connectivity index (χ3n) is 2.89. The number of halogens is 1. The van der Waals surface area contributed by atoms with E-state index in [1.807, 2.05) is 26.8 Å². The normalized spacial score (nSPS) is 10.9. The van der Waals surface area contributed by atoms with E-state index in [0.29, 0.717) is 16.3 Å². The molecule has 1 aromatic heterocycles. The van der Waals surface area contributed by atoms with Crippen molar-refractivity contribution < 1.29 is 14.3 Å². The minimum Gasteiger partial charge on any atom is -0.490 e. The fourth-order valence-electron chi connectivity index (χ4n) is 1.93. The highest BCUT2D eigenvalue weighted by molar-refractivity contribution is 6.32. The van der Waals surface area contributed by atoms with E-state index in [1.165, 1.54) is 7.11 Å². The number of hydrogen-bond donors (Lipinski definition) is 0. The Kier molecular flexibility index (Phi) is 4.14. The van der Waals surface area contributed by atoms with Gasteiger partial charge < -0.3 is 9.47 Å². The molecular weight excluding hydrogens is 278 g/mol. The number of fused-ring (bicyclic) bond motifs is 1. The van der Waals surface area contributed by atoms with E-state index in [0.717, 1.165) is 10.9 Å². The lowest BCUT2D eigenvalue weighted by Gasteiger charge is -2.14. The lowest BCUT2D eigenvalue weighted by atomic mass is 10.1. The van der Waals surface area contributed by atoms with Crippen LogP contribution in [0.5, 0.6) is 5.75 Å². The molecule has 0 atom stereocenters.